The van der Waals surface area contributed by atoms with Crippen molar-refractivity contribution >= 4 is 5.91 Å². The van der Waals surface area contributed by atoms with Crippen molar-refractivity contribution in [2.75, 3.05) is 0 Å². The summed E-state index contributed by atoms with van der Waals surface area (Å²) < 4.78 is 13.3. The Bertz CT molecular complexity index is 518. The van der Waals surface area contributed by atoms with Crippen LogP contribution in [0.1, 0.15) is 19.4 Å². The highest BCUT2D eigenvalue weighted by Crippen LogP contribution is 2.05. The van der Waals surface area contributed by atoms with Crippen LogP contribution in [0.25, 0.3) is 0 Å². The quantitative estimate of drug-likeness (QED) is 0.628. The molecule has 4 nitrogen and oxygen atoms in total. The van der Waals surface area contributed by atoms with Gasteiger partial charge in [-0.3, -0.25) is 4.79 Å². The lowest BCUT2D eigenvalue weighted by molar-refractivity contribution is -0.117. The Morgan fingerprint density at radius 2 is 2.16 bits per heavy atom. The van der Waals surface area contributed by atoms with Crippen LogP contribution < -0.4 is 10.6 Å². The maximum Gasteiger partial charge on any atom is 0.263 e. The molecule has 19 heavy (non-hydrogen) atoms. The molecule has 0 atom stereocenters. The standard InChI is InChI=1S/C14H16FN3O/c1-10(2)18-14(19)12(7-16)9-17-8-11-5-3-4-6-13(11)15/h3-6,9-10,17H,8H2,1-2H3,(H,18,19)/b12-9-. The molecule has 1 rings (SSSR count). The molecule has 0 aliphatic rings. The summed E-state index contributed by atoms with van der Waals surface area (Å²) >= 11 is 0. The third kappa shape index (κ3) is 4.80. The van der Waals surface area contributed by atoms with Gasteiger partial charge in [-0.05, 0) is 19.9 Å². The van der Waals surface area contributed by atoms with E-state index in [2.05, 4.69) is 10.6 Å². The van der Waals surface area contributed by atoms with Gasteiger partial charge >= 0.3 is 0 Å². The molecule has 0 spiro atoms. The fraction of sp³-hybridized carbons (Fsp3) is 0.286. The molecule has 0 heterocycles. The Labute approximate surface area is 111 Å². The van der Waals surface area contributed by atoms with Gasteiger partial charge in [0.1, 0.15) is 17.5 Å². The fourth-order valence-corrected chi connectivity index (χ4v) is 1.39. The third-order valence-electron chi connectivity index (χ3n) is 2.28. The molecule has 5 heteroatoms. The minimum atomic E-state index is -0.446. The second-order valence-corrected chi connectivity index (χ2v) is 4.27. The van der Waals surface area contributed by atoms with Crippen LogP contribution in [0.3, 0.4) is 0 Å². The van der Waals surface area contributed by atoms with Gasteiger partial charge < -0.3 is 10.6 Å². The lowest BCUT2D eigenvalue weighted by Crippen LogP contribution is -2.31. The van der Waals surface area contributed by atoms with Crippen LogP contribution in [0.5, 0.6) is 0 Å². The van der Waals surface area contributed by atoms with Crippen LogP contribution in [0.15, 0.2) is 36.0 Å². The molecule has 0 radical (unpaired) electrons. The first-order valence-electron chi connectivity index (χ1n) is 5.92. The Morgan fingerprint density at radius 3 is 2.74 bits per heavy atom. The highest BCUT2D eigenvalue weighted by atomic mass is 19.1. The van der Waals surface area contributed by atoms with Crippen LogP contribution >= 0.6 is 0 Å². The second-order valence-electron chi connectivity index (χ2n) is 4.27. The van der Waals surface area contributed by atoms with Gasteiger partial charge in [-0.25, -0.2) is 4.39 Å². The number of nitriles is 1. The predicted molar refractivity (Wildman–Crippen MR) is 70.2 cm³/mol. The van der Waals surface area contributed by atoms with Gasteiger partial charge in [-0.1, -0.05) is 18.2 Å². The molecule has 0 unspecified atom stereocenters. The number of carbonyl (C=O) groups excluding carboxylic acids is 1. The molecule has 1 aromatic rings. The van der Waals surface area contributed by atoms with Crippen LogP contribution in [0, 0.1) is 17.1 Å². The van der Waals surface area contributed by atoms with Crippen molar-refractivity contribution in [2.45, 2.75) is 26.4 Å². The van der Waals surface area contributed by atoms with Crippen LogP contribution in [-0.2, 0) is 11.3 Å². The van der Waals surface area contributed by atoms with Gasteiger partial charge in [0.25, 0.3) is 5.91 Å². The summed E-state index contributed by atoms with van der Waals surface area (Å²) in [5.41, 5.74) is 0.436. The van der Waals surface area contributed by atoms with Gasteiger partial charge in [0, 0.05) is 24.4 Å². The number of carbonyl (C=O) groups is 1. The normalized spacial score (nSPS) is 11.0. The van der Waals surface area contributed by atoms with Crippen molar-refractivity contribution < 1.29 is 9.18 Å². The topological polar surface area (TPSA) is 64.9 Å². The summed E-state index contributed by atoms with van der Waals surface area (Å²) in [7, 11) is 0. The van der Waals surface area contributed by atoms with Crippen molar-refractivity contribution in [3.05, 3.63) is 47.4 Å². The van der Waals surface area contributed by atoms with E-state index >= 15 is 0 Å². The zero-order valence-electron chi connectivity index (χ0n) is 10.9. The van der Waals surface area contributed by atoms with Crippen molar-refractivity contribution in [3.63, 3.8) is 0 Å². The number of nitrogens with one attached hydrogen (secondary N) is 2. The molecular formula is C14H16FN3O. The largest absolute Gasteiger partial charge is 0.385 e. The summed E-state index contributed by atoms with van der Waals surface area (Å²) in [5, 5.41) is 14.2. The van der Waals surface area contributed by atoms with Gasteiger partial charge in [-0.2, -0.15) is 5.26 Å². The molecular weight excluding hydrogens is 245 g/mol. The van der Waals surface area contributed by atoms with E-state index in [0.29, 0.717) is 5.56 Å². The first-order chi connectivity index (χ1) is 9.04. The molecule has 100 valence electrons. The Hall–Kier alpha value is -2.35. The van der Waals surface area contributed by atoms with E-state index in [9.17, 15) is 9.18 Å². The number of nitrogens with zero attached hydrogens (tertiary/aromatic N) is 1. The Morgan fingerprint density at radius 1 is 1.47 bits per heavy atom. The highest BCUT2D eigenvalue weighted by molar-refractivity contribution is 5.97. The zero-order valence-corrected chi connectivity index (χ0v) is 10.9. The highest BCUT2D eigenvalue weighted by Gasteiger charge is 2.09. The van der Waals surface area contributed by atoms with Gasteiger partial charge in [0.05, 0.1) is 0 Å². The zero-order chi connectivity index (χ0) is 14.3. The van der Waals surface area contributed by atoms with E-state index in [4.69, 9.17) is 5.26 Å². The predicted octanol–water partition coefficient (Wildman–Crippen LogP) is 1.85. The average Bonchev–Trinajstić information content (AvgIpc) is 2.35. The van der Waals surface area contributed by atoms with Crippen molar-refractivity contribution in [3.8, 4) is 6.07 Å². The van der Waals surface area contributed by atoms with Crippen LogP contribution in [-0.4, -0.2) is 11.9 Å². The number of rotatable bonds is 5. The number of amides is 1. The van der Waals surface area contributed by atoms with Crippen molar-refractivity contribution in [1.29, 1.82) is 5.26 Å². The third-order valence-corrected chi connectivity index (χ3v) is 2.28. The summed E-state index contributed by atoms with van der Waals surface area (Å²) in [6, 6.07) is 8.07. The first kappa shape index (κ1) is 14.7. The SMILES string of the molecule is CC(C)NC(=O)/C(C#N)=C\NCc1ccccc1F. The molecule has 0 saturated carbocycles. The van der Waals surface area contributed by atoms with E-state index in [0.717, 1.165) is 0 Å². The summed E-state index contributed by atoms with van der Waals surface area (Å²) in [5.74, 6) is -0.771. The maximum absolute atomic E-state index is 13.3. The van der Waals surface area contributed by atoms with E-state index < -0.39 is 5.91 Å². The molecule has 0 fully saturated rings. The lowest BCUT2D eigenvalue weighted by atomic mass is 10.2. The average molecular weight is 261 g/mol. The number of benzene rings is 1. The maximum atomic E-state index is 13.3. The van der Waals surface area contributed by atoms with E-state index in [1.165, 1.54) is 12.3 Å². The lowest BCUT2D eigenvalue weighted by Gasteiger charge is -2.07. The van der Waals surface area contributed by atoms with Gasteiger partial charge in [0.2, 0.25) is 0 Å². The molecule has 0 aromatic heterocycles. The summed E-state index contributed by atoms with van der Waals surface area (Å²) in [6.07, 6.45) is 1.30. The van der Waals surface area contributed by atoms with Gasteiger partial charge in [-0.15, -0.1) is 0 Å². The fourth-order valence-electron chi connectivity index (χ4n) is 1.39. The molecule has 0 saturated heterocycles. The second kappa shape index (κ2) is 7.17. The number of hydrogen-bond donors (Lipinski definition) is 2. The van der Waals surface area contributed by atoms with Gasteiger partial charge in [0.15, 0.2) is 0 Å². The van der Waals surface area contributed by atoms with Crippen molar-refractivity contribution in [2.24, 2.45) is 0 Å². The Kier molecular flexibility index (Phi) is 5.55. The molecule has 0 bridgehead atoms. The van der Waals surface area contributed by atoms with E-state index in [1.807, 2.05) is 0 Å². The minimum absolute atomic E-state index is 0.0370. The minimum Gasteiger partial charge on any atom is -0.385 e. The molecule has 0 aliphatic carbocycles. The Balaban J connectivity index is 2.62. The molecule has 0 aliphatic heterocycles. The van der Waals surface area contributed by atoms with Crippen LogP contribution in [0.4, 0.5) is 4.39 Å². The van der Waals surface area contributed by atoms with E-state index in [1.54, 1.807) is 38.1 Å². The van der Waals surface area contributed by atoms with Crippen LogP contribution in [0.2, 0.25) is 0 Å². The summed E-state index contributed by atoms with van der Waals surface area (Å²) in [4.78, 5) is 11.6. The summed E-state index contributed by atoms with van der Waals surface area (Å²) in [6.45, 7) is 3.83. The molecule has 1 amide bonds. The smallest absolute Gasteiger partial charge is 0.263 e. The molecule has 2 N–H and O–H groups in total. The molecule has 1 aromatic carbocycles. The monoisotopic (exact) mass is 261 g/mol. The number of halogens is 1. The van der Waals surface area contributed by atoms with Crippen molar-refractivity contribution in [1.82, 2.24) is 10.6 Å². The first-order valence-corrected chi connectivity index (χ1v) is 5.92. The van der Waals surface area contributed by atoms with E-state index in [-0.39, 0.29) is 24.0 Å². The number of hydrogen-bond acceptors (Lipinski definition) is 3.